The van der Waals surface area contributed by atoms with E-state index in [9.17, 15) is 19.2 Å². The zero-order chi connectivity index (χ0) is 28.2. The molecule has 0 spiro atoms. The zero-order valence-corrected chi connectivity index (χ0v) is 23.3. The Morgan fingerprint density at radius 1 is 1.00 bits per heavy atom. The number of pyridine rings is 1. The maximum Gasteiger partial charge on any atom is 0.303 e. The second kappa shape index (κ2) is 12.4. The first-order valence-electron chi connectivity index (χ1n) is 13.1. The number of benzene rings is 1. The number of unbranched alkanes of at least 4 members (excludes halogenated alkanes) is 2. The first-order chi connectivity index (χ1) is 19.3. The van der Waals surface area contributed by atoms with Gasteiger partial charge in [-0.15, -0.1) is 0 Å². The molecule has 2 aromatic rings. The Hall–Kier alpha value is -3.45. The van der Waals surface area contributed by atoms with E-state index in [0.717, 1.165) is 0 Å². The van der Waals surface area contributed by atoms with E-state index < -0.39 is 5.97 Å². The van der Waals surface area contributed by atoms with Crippen molar-refractivity contribution in [3.8, 4) is 11.3 Å². The van der Waals surface area contributed by atoms with Gasteiger partial charge in [-0.25, -0.2) is 4.98 Å². The lowest BCUT2D eigenvalue weighted by Crippen LogP contribution is -2.46. The summed E-state index contributed by atoms with van der Waals surface area (Å²) in [5, 5.41) is 8.77. The van der Waals surface area contributed by atoms with E-state index in [4.69, 9.17) is 22.1 Å². The summed E-state index contributed by atoms with van der Waals surface area (Å²) in [6.07, 6.45) is 3.74. The number of hydrogen-bond donors (Lipinski definition) is 1. The van der Waals surface area contributed by atoms with Crippen molar-refractivity contribution in [1.82, 2.24) is 19.7 Å². The summed E-state index contributed by atoms with van der Waals surface area (Å²) >= 11 is 6.61. The molecule has 0 unspecified atom stereocenters. The molecule has 5 rings (SSSR count). The quantitative estimate of drug-likeness (QED) is 0.194. The van der Waals surface area contributed by atoms with Gasteiger partial charge in [0.1, 0.15) is 4.32 Å². The second-order valence-corrected chi connectivity index (χ2v) is 11.3. The van der Waals surface area contributed by atoms with Gasteiger partial charge in [0.05, 0.1) is 47.3 Å². The molecule has 3 aliphatic heterocycles. The second-order valence-electron chi connectivity index (χ2n) is 9.66. The standard InChI is InChI=1S/C28H28N4O6S2/c33-24(34)7-2-1-3-10-31-27(37)23(40-28(31)39)16-19-5-4-6-22(29-19)18-8-9-20-21(15-18)26(36)32(25(20)35)17-30-11-13-38-14-12-30/h4-6,8-9,15-16H,1-3,7,10-14,17H2,(H,33,34)/b23-16-. The smallest absolute Gasteiger partial charge is 0.303 e. The van der Waals surface area contributed by atoms with Crippen LogP contribution in [0.25, 0.3) is 17.3 Å². The molecule has 208 valence electrons. The van der Waals surface area contributed by atoms with E-state index in [1.54, 1.807) is 35.2 Å². The fourth-order valence-corrected chi connectivity index (χ4v) is 6.06. The number of imide groups is 1. The summed E-state index contributed by atoms with van der Waals surface area (Å²) in [6.45, 7) is 3.17. The van der Waals surface area contributed by atoms with Crippen molar-refractivity contribution in [2.24, 2.45) is 0 Å². The number of nitrogens with zero attached hydrogens (tertiary/aromatic N) is 4. The van der Waals surface area contributed by atoms with E-state index in [-0.39, 0.29) is 30.8 Å². The lowest BCUT2D eigenvalue weighted by Gasteiger charge is -2.29. The first-order valence-corrected chi connectivity index (χ1v) is 14.3. The number of amides is 3. The summed E-state index contributed by atoms with van der Waals surface area (Å²) < 4.78 is 5.82. The fourth-order valence-electron chi connectivity index (χ4n) is 4.76. The number of morpholine rings is 1. The molecule has 0 aliphatic carbocycles. The SMILES string of the molecule is O=C(O)CCCCCN1C(=O)/C(=C/c2cccc(-c3ccc4c(c3)C(=O)N(CN3CCOCC3)C4=O)n2)SC1=S. The molecular weight excluding hydrogens is 552 g/mol. The van der Waals surface area contributed by atoms with Crippen LogP contribution >= 0.6 is 24.0 Å². The van der Waals surface area contributed by atoms with Crippen molar-refractivity contribution < 1.29 is 29.0 Å². The van der Waals surface area contributed by atoms with Gasteiger partial charge in [-0.1, -0.05) is 42.5 Å². The number of rotatable bonds is 10. The number of thiocarbonyl (C=S) groups is 1. The first kappa shape index (κ1) is 28.1. The van der Waals surface area contributed by atoms with Gasteiger partial charge < -0.3 is 9.84 Å². The molecule has 1 N–H and O–H groups in total. The van der Waals surface area contributed by atoms with Crippen molar-refractivity contribution in [1.29, 1.82) is 0 Å². The van der Waals surface area contributed by atoms with E-state index in [1.807, 2.05) is 17.0 Å². The minimum atomic E-state index is -0.825. The van der Waals surface area contributed by atoms with E-state index in [1.165, 1.54) is 16.7 Å². The molecule has 1 aromatic carbocycles. The minimum Gasteiger partial charge on any atom is -0.481 e. The molecule has 3 amide bonds. The molecule has 2 fully saturated rings. The molecule has 40 heavy (non-hydrogen) atoms. The molecule has 0 bridgehead atoms. The van der Waals surface area contributed by atoms with Crippen LogP contribution in [0.1, 0.15) is 52.1 Å². The molecule has 0 saturated carbocycles. The largest absolute Gasteiger partial charge is 0.481 e. The van der Waals surface area contributed by atoms with Crippen LogP contribution in [-0.2, 0) is 14.3 Å². The lowest BCUT2D eigenvalue weighted by atomic mass is 10.0. The molecule has 2 saturated heterocycles. The van der Waals surface area contributed by atoms with Gasteiger partial charge in [0, 0.05) is 31.6 Å². The molecule has 12 heteroatoms. The third-order valence-corrected chi connectivity index (χ3v) is 8.28. The highest BCUT2D eigenvalue weighted by molar-refractivity contribution is 8.26. The van der Waals surface area contributed by atoms with E-state index in [2.05, 4.69) is 4.98 Å². The Morgan fingerprint density at radius 3 is 2.55 bits per heavy atom. The number of hydrogen-bond acceptors (Lipinski definition) is 9. The molecule has 1 aromatic heterocycles. The summed E-state index contributed by atoms with van der Waals surface area (Å²) in [4.78, 5) is 59.7. The molecule has 0 radical (unpaired) electrons. The van der Waals surface area contributed by atoms with Crippen molar-refractivity contribution in [3.05, 3.63) is 58.1 Å². The number of carboxylic acid groups (broad SMARTS) is 1. The highest BCUT2D eigenvalue weighted by Crippen LogP contribution is 2.33. The number of aromatic nitrogens is 1. The third-order valence-electron chi connectivity index (χ3n) is 6.91. The van der Waals surface area contributed by atoms with E-state index >= 15 is 0 Å². The number of carboxylic acids is 1. The van der Waals surface area contributed by atoms with Crippen LogP contribution in [0, 0.1) is 0 Å². The van der Waals surface area contributed by atoms with Crippen molar-refractivity contribution in [2.75, 3.05) is 39.5 Å². The molecular formula is C28H28N4O6S2. The molecule has 3 aliphatic rings. The lowest BCUT2D eigenvalue weighted by molar-refractivity contribution is -0.137. The predicted molar refractivity (Wildman–Crippen MR) is 153 cm³/mol. The van der Waals surface area contributed by atoms with Crippen molar-refractivity contribution in [2.45, 2.75) is 25.7 Å². The third kappa shape index (κ3) is 6.15. The van der Waals surface area contributed by atoms with Crippen molar-refractivity contribution >= 4 is 58.1 Å². The summed E-state index contributed by atoms with van der Waals surface area (Å²) in [7, 11) is 0. The van der Waals surface area contributed by atoms with Crippen LogP contribution in [0.4, 0.5) is 0 Å². The maximum absolute atomic E-state index is 13.1. The van der Waals surface area contributed by atoms with Gasteiger partial charge in [-0.05, 0) is 43.2 Å². The predicted octanol–water partition coefficient (Wildman–Crippen LogP) is 3.48. The number of ether oxygens (including phenoxy) is 1. The van der Waals surface area contributed by atoms with Crippen LogP contribution < -0.4 is 0 Å². The fraction of sp³-hybridized carbons (Fsp3) is 0.357. The van der Waals surface area contributed by atoms with Crippen LogP contribution in [0.15, 0.2) is 41.3 Å². The van der Waals surface area contributed by atoms with Gasteiger partial charge in [-0.2, -0.15) is 0 Å². The van der Waals surface area contributed by atoms with Crippen molar-refractivity contribution in [3.63, 3.8) is 0 Å². The average molecular weight is 581 g/mol. The van der Waals surface area contributed by atoms with Crippen LogP contribution in [0.3, 0.4) is 0 Å². The number of carbonyl (C=O) groups excluding carboxylic acids is 3. The van der Waals surface area contributed by atoms with E-state index in [0.29, 0.717) is 89.4 Å². The minimum absolute atomic E-state index is 0.113. The Labute approximate surface area is 241 Å². The molecule has 4 heterocycles. The van der Waals surface area contributed by atoms with Crippen LogP contribution in [-0.4, -0.2) is 92.3 Å². The van der Waals surface area contributed by atoms with Crippen LogP contribution in [0.2, 0.25) is 0 Å². The Balaban J connectivity index is 1.28. The maximum atomic E-state index is 13.1. The Morgan fingerprint density at radius 2 is 1.77 bits per heavy atom. The monoisotopic (exact) mass is 580 g/mol. The topological polar surface area (TPSA) is 120 Å². The number of carbonyl (C=O) groups is 4. The van der Waals surface area contributed by atoms with Gasteiger partial charge >= 0.3 is 5.97 Å². The van der Waals surface area contributed by atoms with Crippen LogP contribution in [0.5, 0.6) is 0 Å². The zero-order valence-electron chi connectivity index (χ0n) is 21.7. The number of thioether (sulfide) groups is 1. The van der Waals surface area contributed by atoms with Gasteiger partial charge in [0.15, 0.2) is 0 Å². The Bertz CT molecular complexity index is 1400. The average Bonchev–Trinajstić information content (AvgIpc) is 3.35. The molecule has 0 atom stereocenters. The van der Waals surface area contributed by atoms with Gasteiger partial charge in [0.25, 0.3) is 17.7 Å². The highest BCUT2D eigenvalue weighted by atomic mass is 32.2. The summed E-state index contributed by atoms with van der Waals surface area (Å²) in [5.41, 5.74) is 2.60. The number of fused-ring (bicyclic) bond motifs is 1. The summed E-state index contributed by atoms with van der Waals surface area (Å²) in [6, 6.07) is 10.6. The highest BCUT2D eigenvalue weighted by Gasteiger charge is 2.37. The number of aliphatic carboxylic acids is 1. The normalized spacial score (nSPS) is 18.8. The van der Waals surface area contributed by atoms with Gasteiger partial charge in [0.2, 0.25) is 0 Å². The summed E-state index contributed by atoms with van der Waals surface area (Å²) in [5.74, 6) is -1.64. The van der Waals surface area contributed by atoms with Gasteiger partial charge in [-0.3, -0.25) is 33.9 Å². The molecule has 10 nitrogen and oxygen atoms in total. The Kier molecular flexibility index (Phi) is 8.69.